The lowest BCUT2D eigenvalue weighted by atomic mass is 9.90. The largest absolute Gasteiger partial charge is 0.497 e. The van der Waals surface area contributed by atoms with E-state index in [9.17, 15) is 28.8 Å². The molecule has 4 heterocycles. The summed E-state index contributed by atoms with van der Waals surface area (Å²) in [6, 6.07) is 10.1. The molecular formula is C36H44N6O10. The molecule has 4 aliphatic rings. The number of hydrogen-bond donors (Lipinski definition) is 4. The van der Waals surface area contributed by atoms with Crippen LogP contribution in [0.15, 0.2) is 36.4 Å². The van der Waals surface area contributed by atoms with Crippen molar-refractivity contribution in [3.8, 4) is 23.0 Å². The second-order valence-corrected chi connectivity index (χ2v) is 13.4. The van der Waals surface area contributed by atoms with Crippen LogP contribution >= 0.6 is 0 Å². The van der Waals surface area contributed by atoms with Crippen LogP contribution in [0.1, 0.15) is 59.2 Å². The third kappa shape index (κ3) is 8.00. The molecule has 0 unspecified atom stereocenters. The van der Waals surface area contributed by atoms with Crippen LogP contribution in [0.25, 0.3) is 0 Å². The zero-order chi connectivity index (χ0) is 36.9. The number of methoxy groups -OCH3 is 2. The minimum absolute atomic E-state index is 0.0435. The van der Waals surface area contributed by atoms with Gasteiger partial charge in [-0.15, -0.1) is 0 Å². The predicted octanol–water partition coefficient (Wildman–Crippen LogP) is 0.383. The second kappa shape index (κ2) is 15.4. The Morgan fingerprint density at radius 1 is 0.712 bits per heavy atom. The highest BCUT2D eigenvalue weighted by atomic mass is 16.5. The molecule has 0 aliphatic carbocycles. The Bertz CT molecular complexity index is 1730. The van der Waals surface area contributed by atoms with E-state index in [1.54, 1.807) is 41.3 Å². The molecule has 2 saturated heterocycles. The van der Waals surface area contributed by atoms with Crippen molar-refractivity contribution in [2.75, 3.05) is 66.6 Å². The van der Waals surface area contributed by atoms with Crippen LogP contribution in [-0.2, 0) is 19.2 Å². The van der Waals surface area contributed by atoms with E-state index < -0.39 is 23.0 Å². The second-order valence-electron chi connectivity index (χ2n) is 13.4. The van der Waals surface area contributed by atoms with E-state index >= 15 is 0 Å². The van der Waals surface area contributed by atoms with E-state index in [0.717, 1.165) is 0 Å². The molecule has 0 atom stereocenters. The lowest BCUT2D eigenvalue weighted by Gasteiger charge is -2.41. The number of carbonyl (C=O) groups is 6. The minimum Gasteiger partial charge on any atom is -0.497 e. The molecule has 0 radical (unpaired) electrons. The van der Waals surface area contributed by atoms with Gasteiger partial charge >= 0.3 is 11.8 Å². The number of nitrogens with zero attached hydrogens (tertiary/aromatic N) is 2. The third-order valence-corrected chi connectivity index (χ3v) is 10.1. The number of hydrogen-bond acceptors (Lipinski definition) is 10. The van der Waals surface area contributed by atoms with Crippen LogP contribution in [0.3, 0.4) is 0 Å². The molecule has 16 nitrogen and oxygen atoms in total. The Morgan fingerprint density at radius 2 is 1.19 bits per heavy atom. The number of amides is 6. The molecule has 4 N–H and O–H groups in total. The lowest BCUT2D eigenvalue weighted by Crippen LogP contribution is -2.56. The highest BCUT2D eigenvalue weighted by Crippen LogP contribution is 2.36. The predicted molar refractivity (Wildman–Crippen MR) is 184 cm³/mol. The van der Waals surface area contributed by atoms with Gasteiger partial charge in [-0.2, -0.15) is 0 Å². The fraction of sp³-hybridized carbons (Fsp3) is 0.500. The van der Waals surface area contributed by atoms with Gasteiger partial charge in [-0.3, -0.25) is 28.8 Å². The average molecular weight is 721 g/mol. The summed E-state index contributed by atoms with van der Waals surface area (Å²) in [6.07, 6.45) is 1.93. The normalized spacial score (nSPS) is 18.6. The van der Waals surface area contributed by atoms with Crippen LogP contribution < -0.4 is 40.2 Å². The quantitative estimate of drug-likeness (QED) is 0.277. The SMILES string of the molecule is COc1ccc2c(c1)C(=O)NCC1(CCN(C(=O)CCNC(=O)CCNC(=O)C(=O)N3CCC4(CC3)CNC(=O)c3cc(OC)ccc3O4)CC1)O2. The van der Waals surface area contributed by atoms with E-state index in [1.165, 1.54) is 19.1 Å². The van der Waals surface area contributed by atoms with Gasteiger partial charge in [0.1, 0.15) is 34.2 Å². The minimum atomic E-state index is -0.810. The summed E-state index contributed by atoms with van der Waals surface area (Å²) in [5.41, 5.74) is -0.571. The van der Waals surface area contributed by atoms with Gasteiger partial charge < -0.3 is 50.0 Å². The number of benzene rings is 2. The van der Waals surface area contributed by atoms with Gasteiger partial charge in [-0.05, 0) is 36.4 Å². The molecule has 0 saturated carbocycles. The number of ether oxygens (including phenoxy) is 4. The smallest absolute Gasteiger partial charge is 0.311 e. The molecule has 52 heavy (non-hydrogen) atoms. The number of nitrogens with one attached hydrogen (secondary N) is 4. The van der Waals surface area contributed by atoms with Crippen molar-refractivity contribution in [1.29, 1.82) is 0 Å². The van der Waals surface area contributed by atoms with Crippen molar-refractivity contribution >= 4 is 35.4 Å². The Labute approximate surface area is 300 Å². The standard InChI is InChI=1S/C36H44N6O10/c1-49-23-3-5-27-25(19-23)31(45)39-21-35(51-27)9-15-41(16-10-35)30(44)8-14-37-29(43)7-13-38-33(47)34(48)42-17-11-36(12-18-42)22-40-32(46)26-20-24(50-2)4-6-28(26)52-36/h3-6,19-20H,7-18,21-22H2,1-2H3,(H,37,43)(H,38,47)(H,39,45)(H,40,46). The van der Waals surface area contributed by atoms with Gasteiger partial charge in [0.05, 0.1) is 38.4 Å². The van der Waals surface area contributed by atoms with Crippen molar-refractivity contribution in [3.05, 3.63) is 47.5 Å². The van der Waals surface area contributed by atoms with Crippen LogP contribution in [-0.4, -0.2) is 123 Å². The molecule has 4 aliphatic heterocycles. The highest BCUT2D eigenvalue weighted by molar-refractivity contribution is 6.35. The van der Waals surface area contributed by atoms with Gasteiger partial charge in [-0.25, -0.2) is 0 Å². The van der Waals surface area contributed by atoms with Crippen molar-refractivity contribution in [2.24, 2.45) is 0 Å². The zero-order valence-corrected chi connectivity index (χ0v) is 29.3. The summed E-state index contributed by atoms with van der Waals surface area (Å²) in [5, 5.41) is 11.0. The first kappa shape index (κ1) is 36.3. The monoisotopic (exact) mass is 720 g/mol. The Hall–Kier alpha value is -5.54. The Kier molecular flexibility index (Phi) is 10.7. The summed E-state index contributed by atoms with van der Waals surface area (Å²) in [7, 11) is 3.05. The van der Waals surface area contributed by atoms with E-state index in [0.29, 0.717) is 79.4 Å². The fourth-order valence-corrected chi connectivity index (χ4v) is 6.92. The Morgan fingerprint density at radius 3 is 1.69 bits per heavy atom. The van der Waals surface area contributed by atoms with E-state index in [-0.39, 0.29) is 69.2 Å². The maximum atomic E-state index is 12.9. The number of fused-ring (bicyclic) bond motifs is 2. The first-order valence-electron chi connectivity index (χ1n) is 17.4. The molecule has 0 bridgehead atoms. The number of piperidine rings is 2. The van der Waals surface area contributed by atoms with Crippen LogP contribution in [0.4, 0.5) is 0 Å². The van der Waals surface area contributed by atoms with E-state index in [1.807, 2.05) is 0 Å². The van der Waals surface area contributed by atoms with Gasteiger partial charge in [0.25, 0.3) is 11.8 Å². The van der Waals surface area contributed by atoms with Crippen molar-refractivity contribution in [1.82, 2.24) is 31.1 Å². The van der Waals surface area contributed by atoms with Gasteiger partial charge in [0.15, 0.2) is 0 Å². The molecule has 2 aromatic carbocycles. The van der Waals surface area contributed by atoms with Crippen LogP contribution in [0.5, 0.6) is 23.0 Å². The molecule has 16 heteroatoms. The topological polar surface area (TPSA) is 194 Å². The third-order valence-electron chi connectivity index (χ3n) is 10.1. The number of likely N-dealkylation sites (tertiary alicyclic amines) is 2. The van der Waals surface area contributed by atoms with Gasteiger partial charge in [-0.1, -0.05) is 0 Å². The first-order chi connectivity index (χ1) is 25.0. The average Bonchev–Trinajstić information content (AvgIpc) is 3.38. The van der Waals surface area contributed by atoms with E-state index in [4.69, 9.17) is 18.9 Å². The number of carbonyl (C=O) groups excluding carboxylic acids is 6. The maximum absolute atomic E-state index is 12.9. The van der Waals surface area contributed by atoms with Crippen LogP contribution in [0.2, 0.25) is 0 Å². The van der Waals surface area contributed by atoms with Gasteiger partial charge in [0.2, 0.25) is 11.8 Å². The Balaban J connectivity index is 0.874. The molecule has 2 aromatic rings. The molecule has 6 rings (SSSR count). The fourth-order valence-electron chi connectivity index (χ4n) is 6.92. The van der Waals surface area contributed by atoms with Crippen LogP contribution in [0, 0.1) is 0 Å². The summed E-state index contributed by atoms with van der Waals surface area (Å²) in [5.74, 6) is -0.477. The summed E-state index contributed by atoms with van der Waals surface area (Å²) in [4.78, 5) is 79.2. The molecular weight excluding hydrogens is 676 g/mol. The van der Waals surface area contributed by atoms with E-state index in [2.05, 4.69) is 21.3 Å². The lowest BCUT2D eigenvalue weighted by molar-refractivity contribution is -0.148. The molecule has 2 spiro atoms. The summed E-state index contributed by atoms with van der Waals surface area (Å²) >= 11 is 0. The highest BCUT2D eigenvalue weighted by Gasteiger charge is 2.43. The van der Waals surface area contributed by atoms with Gasteiger partial charge in [0, 0.05) is 77.8 Å². The first-order valence-corrected chi connectivity index (χ1v) is 17.4. The molecule has 278 valence electrons. The maximum Gasteiger partial charge on any atom is 0.311 e. The zero-order valence-electron chi connectivity index (χ0n) is 29.3. The molecule has 2 fully saturated rings. The van der Waals surface area contributed by atoms with Crippen molar-refractivity contribution in [3.63, 3.8) is 0 Å². The molecule has 6 amide bonds. The van der Waals surface area contributed by atoms with Crippen molar-refractivity contribution < 1.29 is 47.7 Å². The summed E-state index contributed by atoms with van der Waals surface area (Å²) in [6.45, 7) is 2.07. The van der Waals surface area contributed by atoms with Crippen molar-refractivity contribution in [2.45, 2.75) is 49.7 Å². The summed E-state index contributed by atoms with van der Waals surface area (Å²) < 4.78 is 23.1. The molecule has 0 aromatic heterocycles. The number of rotatable bonds is 8.